The number of nitrogens with zero attached hydrogens (tertiary/aromatic N) is 7. The maximum absolute atomic E-state index is 6.28. The Hall–Kier alpha value is -3.40. The second-order valence-electron chi connectivity index (χ2n) is 9.25. The number of nitrogen functional groups attached to an aromatic ring is 1. The summed E-state index contributed by atoms with van der Waals surface area (Å²) in [6, 6.07) is 0.0920. The van der Waals surface area contributed by atoms with Crippen LogP contribution in [0.5, 0.6) is 0 Å². The Labute approximate surface area is 191 Å². The number of rotatable bonds is 5. The Balaban J connectivity index is 1.49. The highest BCUT2D eigenvalue weighted by atomic mass is 16.5. The summed E-state index contributed by atoms with van der Waals surface area (Å²) in [7, 11) is 0. The molecule has 1 saturated carbocycles. The van der Waals surface area contributed by atoms with Gasteiger partial charge in [-0.15, -0.1) is 0 Å². The van der Waals surface area contributed by atoms with Crippen LogP contribution in [0, 0.1) is 0 Å². The fourth-order valence-electron chi connectivity index (χ4n) is 4.66. The van der Waals surface area contributed by atoms with Crippen LogP contribution in [0.25, 0.3) is 33.8 Å². The minimum Gasteiger partial charge on any atom is -0.383 e. The van der Waals surface area contributed by atoms with Crippen LogP contribution in [-0.4, -0.2) is 48.0 Å². The molecule has 2 fully saturated rings. The van der Waals surface area contributed by atoms with E-state index in [-0.39, 0.29) is 6.04 Å². The lowest BCUT2D eigenvalue weighted by atomic mass is 9.92. The first-order chi connectivity index (χ1) is 16.1. The fourth-order valence-corrected chi connectivity index (χ4v) is 4.66. The minimum atomic E-state index is 0.0920. The van der Waals surface area contributed by atoms with Crippen LogP contribution in [0.4, 0.5) is 5.82 Å². The molecule has 5 heterocycles. The van der Waals surface area contributed by atoms with Gasteiger partial charge in [0.25, 0.3) is 0 Å². The molecule has 0 aromatic carbocycles. The maximum atomic E-state index is 6.28. The van der Waals surface area contributed by atoms with Crippen LogP contribution >= 0.6 is 0 Å². The summed E-state index contributed by atoms with van der Waals surface area (Å²) in [6.07, 6.45) is 9.72. The van der Waals surface area contributed by atoms with E-state index in [2.05, 4.69) is 34.3 Å². The Morgan fingerprint density at radius 2 is 1.76 bits per heavy atom. The first kappa shape index (κ1) is 20.2. The van der Waals surface area contributed by atoms with Crippen molar-refractivity contribution in [2.24, 2.45) is 0 Å². The quantitative estimate of drug-likeness (QED) is 0.474. The van der Waals surface area contributed by atoms with Gasteiger partial charge in [0.2, 0.25) is 0 Å². The molecule has 4 aromatic rings. The summed E-state index contributed by atoms with van der Waals surface area (Å²) in [5, 5.41) is 13.4. The van der Waals surface area contributed by atoms with E-state index in [4.69, 9.17) is 25.3 Å². The van der Waals surface area contributed by atoms with Gasteiger partial charge in [0.05, 0.1) is 10.9 Å². The van der Waals surface area contributed by atoms with Gasteiger partial charge in [-0.2, -0.15) is 5.10 Å². The van der Waals surface area contributed by atoms with Crippen molar-refractivity contribution in [2.45, 2.75) is 57.4 Å². The lowest BCUT2D eigenvalue weighted by Gasteiger charge is -2.22. The van der Waals surface area contributed by atoms with Crippen LogP contribution in [0.15, 0.2) is 23.2 Å². The van der Waals surface area contributed by atoms with Gasteiger partial charge in [-0.25, -0.2) is 24.6 Å². The van der Waals surface area contributed by atoms with Crippen LogP contribution in [-0.2, 0) is 0 Å². The zero-order valence-electron chi connectivity index (χ0n) is 18.8. The van der Waals surface area contributed by atoms with Gasteiger partial charge < -0.3 is 15.6 Å². The molecule has 1 aliphatic heterocycles. The molecule has 1 aliphatic carbocycles. The molecular formula is C23H27N9O. The van der Waals surface area contributed by atoms with Crippen molar-refractivity contribution >= 4 is 16.9 Å². The first-order valence-corrected chi connectivity index (χ1v) is 11.6. The molecule has 2 aliphatic rings. The largest absolute Gasteiger partial charge is 0.383 e. The van der Waals surface area contributed by atoms with Gasteiger partial charge in [-0.3, -0.25) is 0 Å². The van der Waals surface area contributed by atoms with E-state index < -0.39 is 0 Å². The molecule has 0 atom stereocenters. The molecule has 33 heavy (non-hydrogen) atoms. The number of aromatic nitrogens is 7. The van der Waals surface area contributed by atoms with E-state index in [0.717, 1.165) is 50.1 Å². The summed E-state index contributed by atoms with van der Waals surface area (Å²) in [5.74, 6) is 2.62. The number of nitrogens with one attached hydrogen (secondary N) is 1. The average Bonchev–Trinajstić information content (AvgIpc) is 3.46. The number of piperidine rings is 1. The summed E-state index contributed by atoms with van der Waals surface area (Å²) < 4.78 is 7.71. The molecule has 0 bridgehead atoms. The van der Waals surface area contributed by atoms with Gasteiger partial charge in [0.15, 0.2) is 17.2 Å². The lowest BCUT2D eigenvalue weighted by molar-refractivity contribution is 0.386. The molecule has 3 N–H and O–H groups in total. The zero-order chi connectivity index (χ0) is 22.5. The highest BCUT2D eigenvalue weighted by molar-refractivity contribution is 6.00. The molecule has 4 aromatic heterocycles. The normalized spacial score (nSPS) is 17.3. The molecule has 0 unspecified atom stereocenters. The summed E-state index contributed by atoms with van der Waals surface area (Å²) >= 11 is 0. The standard InChI is InChI=1S/C23H27N9O/c1-12(2)32-23-17(21(24)28-11-29-23)18(30-32)19-16(20(33-31-19)14-3-4-14)22-26-9-15(10-27-22)13-5-7-25-8-6-13/h9-14,25H,3-8H2,1-2H3,(H2,24,28,29). The molecule has 1 saturated heterocycles. The van der Waals surface area contributed by atoms with E-state index in [1.807, 2.05) is 17.1 Å². The van der Waals surface area contributed by atoms with Gasteiger partial charge >= 0.3 is 0 Å². The van der Waals surface area contributed by atoms with Crippen molar-refractivity contribution in [1.82, 2.24) is 40.2 Å². The smallest absolute Gasteiger partial charge is 0.165 e. The van der Waals surface area contributed by atoms with E-state index in [0.29, 0.717) is 45.9 Å². The van der Waals surface area contributed by atoms with Crippen molar-refractivity contribution in [2.75, 3.05) is 18.8 Å². The Morgan fingerprint density at radius 3 is 2.45 bits per heavy atom. The van der Waals surface area contributed by atoms with Crippen LogP contribution in [0.3, 0.4) is 0 Å². The van der Waals surface area contributed by atoms with Gasteiger partial charge in [0, 0.05) is 24.4 Å². The van der Waals surface area contributed by atoms with Crippen molar-refractivity contribution in [3.05, 3.63) is 30.0 Å². The van der Waals surface area contributed by atoms with E-state index >= 15 is 0 Å². The van der Waals surface area contributed by atoms with Crippen molar-refractivity contribution in [3.63, 3.8) is 0 Å². The molecule has 6 rings (SSSR count). The van der Waals surface area contributed by atoms with Crippen molar-refractivity contribution in [3.8, 4) is 22.8 Å². The second kappa shape index (κ2) is 7.87. The third kappa shape index (κ3) is 3.45. The molecular weight excluding hydrogens is 418 g/mol. The Morgan fingerprint density at radius 1 is 1.00 bits per heavy atom. The van der Waals surface area contributed by atoms with Crippen LogP contribution < -0.4 is 11.1 Å². The third-order valence-electron chi connectivity index (χ3n) is 6.60. The molecule has 0 spiro atoms. The molecule has 0 radical (unpaired) electrons. The van der Waals surface area contributed by atoms with Crippen LogP contribution in [0.1, 0.15) is 68.7 Å². The maximum Gasteiger partial charge on any atom is 0.165 e. The average molecular weight is 446 g/mol. The number of anilines is 1. The lowest BCUT2D eigenvalue weighted by Crippen LogP contribution is -2.26. The molecule has 10 heteroatoms. The molecule has 0 amide bonds. The van der Waals surface area contributed by atoms with Crippen molar-refractivity contribution in [1.29, 1.82) is 0 Å². The van der Waals surface area contributed by atoms with Gasteiger partial charge in [-0.1, -0.05) is 5.16 Å². The molecule has 170 valence electrons. The topological polar surface area (TPSA) is 133 Å². The predicted molar refractivity (Wildman–Crippen MR) is 123 cm³/mol. The highest BCUT2D eigenvalue weighted by Gasteiger charge is 2.36. The van der Waals surface area contributed by atoms with Crippen molar-refractivity contribution < 1.29 is 4.52 Å². The molecule has 10 nitrogen and oxygen atoms in total. The number of hydrogen-bond acceptors (Lipinski definition) is 9. The van der Waals surface area contributed by atoms with Crippen LogP contribution in [0.2, 0.25) is 0 Å². The summed E-state index contributed by atoms with van der Waals surface area (Å²) in [5.41, 5.74) is 10.1. The van der Waals surface area contributed by atoms with Gasteiger partial charge in [0.1, 0.15) is 23.5 Å². The zero-order valence-corrected chi connectivity index (χ0v) is 18.8. The minimum absolute atomic E-state index is 0.0920. The van der Waals surface area contributed by atoms with E-state index in [1.165, 1.54) is 11.9 Å². The Kier molecular flexibility index (Phi) is 4.83. The second-order valence-corrected chi connectivity index (χ2v) is 9.25. The summed E-state index contributed by atoms with van der Waals surface area (Å²) in [6.45, 7) is 6.17. The number of fused-ring (bicyclic) bond motifs is 1. The predicted octanol–water partition coefficient (Wildman–Crippen LogP) is 3.45. The number of hydrogen-bond donors (Lipinski definition) is 2. The fraction of sp³-hybridized carbons (Fsp3) is 0.478. The first-order valence-electron chi connectivity index (χ1n) is 11.6. The van der Waals surface area contributed by atoms with Gasteiger partial charge in [-0.05, 0) is 64.1 Å². The highest BCUT2D eigenvalue weighted by Crippen LogP contribution is 2.47. The SMILES string of the molecule is CC(C)n1nc(-c2noc(C3CC3)c2-c2ncc(C3CCNCC3)cn2)c2c(N)ncnc21. The van der Waals surface area contributed by atoms with E-state index in [9.17, 15) is 0 Å². The monoisotopic (exact) mass is 445 g/mol. The Bertz CT molecular complexity index is 1300. The third-order valence-corrected chi connectivity index (χ3v) is 6.60. The number of nitrogens with two attached hydrogens (primary N) is 1. The summed E-state index contributed by atoms with van der Waals surface area (Å²) in [4.78, 5) is 18.2. The van der Waals surface area contributed by atoms with E-state index in [1.54, 1.807) is 0 Å².